The van der Waals surface area contributed by atoms with Gasteiger partial charge in [0.05, 0.1) is 6.10 Å². The van der Waals surface area contributed by atoms with Crippen LogP contribution in [0.15, 0.2) is 18.2 Å². The van der Waals surface area contributed by atoms with E-state index in [4.69, 9.17) is 0 Å². The number of aryl methyl sites for hydroxylation is 1. The lowest BCUT2D eigenvalue weighted by Crippen LogP contribution is -2.28. The first-order valence-electron chi connectivity index (χ1n) is 8.02. The number of aliphatic hydroxyl groups is 1. The number of nitrogens with zero attached hydrogens (tertiary/aromatic N) is 1. The van der Waals surface area contributed by atoms with Crippen LogP contribution in [-0.4, -0.2) is 30.3 Å². The molecule has 1 aromatic rings. The van der Waals surface area contributed by atoms with E-state index in [1.54, 1.807) is 0 Å². The monoisotopic (exact) mass is 274 g/mol. The molecule has 2 N–H and O–H groups in total. The quantitative estimate of drug-likeness (QED) is 0.887. The van der Waals surface area contributed by atoms with E-state index in [0.29, 0.717) is 6.04 Å². The molecule has 0 atom stereocenters. The second-order valence-corrected chi connectivity index (χ2v) is 6.34. The zero-order valence-corrected chi connectivity index (χ0v) is 12.4. The zero-order valence-electron chi connectivity index (χ0n) is 12.4. The maximum atomic E-state index is 9.57. The van der Waals surface area contributed by atoms with E-state index in [1.807, 2.05) is 0 Å². The molecule has 110 valence electrons. The highest BCUT2D eigenvalue weighted by molar-refractivity contribution is 5.60. The molecule has 1 aliphatic heterocycles. The highest BCUT2D eigenvalue weighted by Crippen LogP contribution is 2.28. The molecule has 0 aromatic heterocycles. The van der Waals surface area contributed by atoms with Crippen LogP contribution in [0.25, 0.3) is 0 Å². The predicted octanol–water partition coefficient (Wildman–Crippen LogP) is 3.31. The van der Waals surface area contributed by atoms with Gasteiger partial charge in [-0.15, -0.1) is 0 Å². The van der Waals surface area contributed by atoms with Gasteiger partial charge in [-0.25, -0.2) is 0 Å². The minimum atomic E-state index is -0.0771. The Labute approximate surface area is 122 Å². The normalized spacial score (nSPS) is 26.8. The van der Waals surface area contributed by atoms with Crippen LogP contribution in [0.3, 0.4) is 0 Å². The van der Waals surface area contributed by atoms with Crippen molar-refractivity contribution in [2.45, 2.75) is 57.6 Å². The first-order valence-corrected chi connectivity index (χ1v) is 8.02. The second-order valence-electron chi connectivity index (χ2n) is 6.34. The number of benzene rings is 1. The summed E-state index contributed by atoms with van der Waals surface area (Å²) in [6, 6.07) is 7.31. The van der Waals surface area contributed by atoms with Crippen LogP contribution in [0.2, 0.25) is 0 Å². The first-order chi connectivity index (χ1) is 9.72. The second kappa shape index (κ2) is 6.04. The van der Waals surface area contributed by atoms with E-state index in [-0.39, 0.29) is 6.10 Å². The summed E-state index contributed by atoms with van der Waals surface area (Å²) in [5.74, 6) is 0. The Morgan fingerprint density at radius 3 is 2.45 bits per heavy atom. The van der Waals surface area contributed by atoms with Crippen molar-refractivity contribution in [1.29, 1.82) is 0 Å². The van der Waals surface area contributed by atoms with Crippen LogP contribution in [0.5, 0.6) is 0 Å². The summed E-state index contributed by atoms with van der Waals surface area (Å²) in [4.78, 5) is 2.48. The minimum absolute atomic E-state index is 0.0771. The van der Waals surface area contributed by atoms with Gasteiger partial charge in [0.15, 0.2) is 0 Å². The molecule has 1 aliphatic carbocycles. The third-order valence-corrected chi connectivity index (χ3v) is 4.74. The van der Waals surface area contributed by atoms with Crippen molar-refractivity contribution in [3.8, 4) is 0 Å². The molecular weight excluding hydrogens is 248 g/mol. The fourth-order valence-electron chi connectivity index (χ4n) is 3.42. The lowest BCUT2D eigenvalue weighted by Gasteiger charge is -2.28. The van der Waals surface area contributed by atoms with Crippen molar-refractivity contribution >= 4 is 11.4 Å². The fourth-order valence-corrected chi connectivity index (χ4v) is 3.42. The maximum Gasteiger partial charge on any atom is 0.0541 e. The van der Waals surface area contributed by atoms with Crippen molar-refractivity contribution in [2.75, 3.05) is 23.3 Å². The maximum absolute atomic E-state index is 9.57. The summed E-state index contributed by atoms with van der Waals surface area (Å²) in [7, 11) is 0. The Hall–Kier alpha value is -1.22. The van der Waals surface area contributed by atoms with Gasteiger partial charge in [0.1, 0.15) is 0 Å². The van der Waals surface area contributed by atoms with Crippen molar-refractivity contribution < 1.29 is 5.11 Å². The van der Waals surface area contributed by atoms with Gasteiger partial charge in [-0.1, -0.05) is 0 Å². The summed E-state index contributed by atoms with van der Waals surface area (Å²) in [6.45, 7) is 4.60. The Morgan fingerprint density at radius 1 is 1.10 bits per heavy atom. The van der Waals surface area contributed by atoms with E-state index < -0.39 is 0 Å². The van der Waals surface area contributed by atoms with Crippen molar-refractivity contribution in [1.82, 2.24) is 0 Å². The molecule has 1 heterocycles. The Kier molecular flexibility index (Phi) is 4.16. The van der Waals surface area contributed by atoms with Crippen LogP contribution in [0.1, 0.15) is 44.1 Å². The minimum Gasteiger partial charge on any atom is -0.393 e. The van der Waals surface area contributed by atoms with Gasteiger partial charge < -0.3 is 15.3 Å². The number of hydrogen-bond donors (Lipinski definition) is 2. The van der Waals surface area contributed by atoms with Gasteiger partial charge in [-0.3, -0.25) is 0 Å². The summed E-state index contributed by atoms with van der Waals surface area (Å²) in [5, 5.41) is 13.2. The van der Waals surface area contributed by atoms with E-state index in [1.165, 1.54) is 42.9 Å². The van der Waals surface area contributed by atoms with Crippen LogP contribution >= 0.6 is 0 Å². The van der Waals surface area contributed by atoms with Crippen molar-refractivity contribution in [3.05, 3.63) is 23.8 Å². The third-order valence-electron chi connectivity index (χ3n) is 4.74. The van der Waals surface area contributed by atoms with Crippen molar-refractivity contribution in [3.63, 3.8) is 0 Å². The molecule has 0 unspecified atom stereocenters. The van der Waals surface area contributed by atoms with E-state index in [2.05, 4.69) is 35.3 Å². The van der Waals surface area contributed by atoms with Gasteiger partial charge in [-0.2, -0.15) is 0 Å². The predicted molar refractivity (Wildman–Crippen MR) is 84.5 cm³/mol. The van der Waals surface area contributed by atoms with E-state index in [9.17, 15) is 5.11 Å². The molecule has 3 nitrogen and oxygen atoms in total. The zero-order chi connectivity index (χ0) is 13.9. The smallest absolute Gasteiger partial charge is 0.0541 e. The summed E-state index contributed by atoms with van der Waals surface area (Å²) >= 11 is 0. The molecule has 1 saturated carbocycles. The SMILES string of the molecule is Cc1cc(N2CCCC2)ccc1NC1CCC(O)CC1. The number of aliphatic hydroxyl groups excluding tert-OH is 1. The molecule has 0 bridgehead atoms. The standard InChI is InChI=1S/C17H26N2O/c1-13-12-15(19-10-2-3-11-19)6-9-17(13)18-14-4-7-16(20)8-5-14/h6,9,12,14,16,18,20H,2-5,7-8,10-11H2,1H3. The summed E-state index contributed by atoms with van der Waals surface area (Å²) in [6.07, 6.45) is 6.59. The number of anilines is 2. The topological polar surface area (TPSA) is 35.5 Å². The Balaban J connectivity index is 1.65. The van der Waals surface area contributed by atoms with E-state index >= 15 is 0 Å². The van der Waals surface area contributed by atoms with Gasteiger partial charge >= 0.3 is 0 Å². The molecule has 20 heavy (non-hydrogen) atoms. The summed E-state index contributed by atoms with van der Waals surface area (Å²) in [5.41, 5.74) is 3.96. The average molecular weight is 274 g/mol. The Morgan fingerprint density at radius 2 is 1.80 bits per heavy atom. The number of hydrogen-bond acceptors (Lipinski definition) is 3. The fraction of sp³-hybridized carbons (Fsp3) is 0.647. The lowest BCUT2D eigenvalue weighted by atomic mass is 9.93. The molecule has 1 saturated heterocycles. The van der Waals surface area contributed by atoms with Gasteiger partial charge in [0.2, 0.25) is 0 Å². The van der Waals surface area contributed by atoms with Gasteiger partial charge in [0, 0.05) is 30.5 Å². The van der Waals surface area contributed by atoms with Gasteiger partial charge in [-0.05, 0) is 69.2 Å². The molecule has 2 aliphatic rings. The molecule has 2 fully saturated rings. The molecule has 0 amide bonds. The van der Waals surface area contributed by atoms with E-state index in [0.717, 1.165) is 25.7 Å². The van der Waals surface area contributed by atoms with Crippen LogP contribution in [-0.2, 0) is 0 Å². The molecular formula is C17H26N2O. The van der Waals surface area contributed by atoms with Gasteiger partial charge in [0.25, 0.3) is 0 Å². The largest absolute Gasteiger partial charge is 0.393 e. The molecule has 3 heteroatoms. The van der Waals surface area contributed by atoms with Crippen LogP contribution < -0.4 is 10.2 Å². The number of nitrogens with one attached hydrogen (secondary N) is 1. The molecule has 3 rings (SSSR count). The highest BCUT2D eigenvalue weighted by Gasteiger charge is 2.20. The van der Waals surface area contributed by atoms with Crippen LogP contribution in [0, 0.1) is 6.92 Å². The lowest BCUT2D eigenvalue weighted by molar-refractivity contribution is 0.126. The van der Waals surface area contributed by atoms with Crippen LogP contribution in [0.4, 0.5) is 11.4 Å². The summed E-state index contributed by atoms with van der Waals surface area (Å²) < 4.78 is 0. The highest BCUT2D eigenvalue weighted by atomic mass is 16.3. The molecule has 1 aromatic carbocycles. The Bertz CT molecular complexity index is 446. The number of rotatable bonds is 3. The third kappa shape index (κ3) is 3.09. The average Bonchev–Trinajstić information content (AvgIpc) is 2.97. The molecule has 0 radical (unpaired) electrons. The van der Waals surface area contributed by atoms with Crippen molar-refractivity contribution in [2.24, 2.45) is 0 Å². The first kappa shape index (κ1) is 13.7. The molecule has 0 spiro atoms.